The second-order valence-electron chi connectivity index (χ2n) is 7.23. The first-order valence-corrected chi connectivity index (χ1v) is 9.83. The van der Waals surface area contributed by atoms with Gasteiger partial charge in [0.2, 0.25) is 0 Å². The fourth-order valence-electron chi connectivity index (χ4n) is 3.78. The molecule has 5 nitrogen and oxygen atoms in total. The van der Waals surface area contributed by atoms with Crippen LogP contribution in [-0.4, -0.2) is 38.3 Å². The van der Waals surface area contributed by atoms with Crippen LogP contribution >= 0.6 is 0 Å². The molecular formula is C22H26N4O. The third kappa shape index (κ3) is 4.30. The van der Waals surface area contributed by atoms with E-state index in [2.05, 4.69) is 32.5 Å². The topological polar surface area (TPSA) is 47.9 Å². The third-order valence-corrected chi connectivity index (χ3v) is 5.34. The molecule has 2 aliphatic heterocycles. The predicted octanol–water partition coefficient (Wildman–Crippen LogP) is 3.65. The Hall–Kier alpha value is -2.82. The van der Waals surface area contributed by atoms with Gasteiger partial charge < -0.3 is 9.80 Å². The van der Waals surface area contributed by atoms with E-state index in [1.165, 1.54) is 37.1 Å². The normalized spacial score (nSPS) is 17.0. The van der Waals surface area contributed by atoms with Gasteiger partial charge in [0.25, 0.3) is 5.91 Å². The Morgan fingerprint density at radius 3 is 1.78 bits per heavy atom. The molecule has 0 aromatic heterocycles. The van der Waals surface area contributed by atoms with Crippen LogP contribution in [0.2, 0.25) is 0 Å². The van der Waals surface area contributed by atoms with Gasteiger partial charge in [0.05, 0.1) is 6.21 Å². The highest BCUT2D eigenvalue weighted by Crippen LogP contribution is 2.21. The number of hydrogen-bond acceptors (Lipinski definition) is 4. The lowest BCUT2D eigenvalue weighted by Crippen LogP contribution is -2.19. The molecule has 1 amide bonds. The number of amides is 1. The van der Waals surface area contributed by atoms with Gasteiger partial charge in [-0.1, -0.05) is 12.1 Å². The second kappa shape index (κ2) is 8.25. The first kappa shape index (κ1) is 17.6. The maximum atomic E-state index is 12.3. The number of nitrogens with one attached hydrogen (secondary N) is 1. The van der Waals surface area contributed by atoms with Crippen LogP contribution in [0.4, 0.5) is 11.4 Å². The molecule has 1 N–H and O–H groups in total. The lowest BCUT2D eigenvalue weighted by atomic mass is 10.2. The van der Waals surface area contributed by atoms with Crippen molar-refractivity contribution in [1.29, 1.82) is 0 Å². The van der Waals surface area contributed by atoms with Crippen molar-refractivity contribution in [1.82, 2.24) is 5.43 Å². The molecule has 0 saturated carbocycles. The summed E-state index contributed by atoms with van der Waals surface area (Å²) < 4.78 is 0. The molecule has 140 valence electrons. The molecule has 0 aliphatic carbocycles. The quantitative estimate of drug-likeness (QED) is 0.652. The zero-order valence-electron chi connectivity index (χ0n) is 15.6. The van der Waals surface area contributed by atoms with E-state index in [1.54, 1.807) is 6.21 Å². The Bertz CT molecular complexity index is 786. The van der Waals surface area contributed by atoms with Gasteiger partial charge in [0.15, 0.2) is 0 Å². The van der Waals surface area contributed by atoms with Gasteiger partial charge in [-0.25, -0.2) is 5.43 Å². The van der Waals surface area contributed by atoms with Gasteiger partial charge >= 0.3 is 0 Å². The van der Waals surface area contributed by atoms with E-state index in [4.69, 9.17) is 0 Å². The first-order chi connectivity index (χ1) is 13.3. The van der Waals surface area contributed by atoms with Crippen LogP contribution in [-0.2, 0) is 0 Å². The predicted molar refractivity (Wildman–Crippen MR) is 111 cm³/mol. The lowest BCUT2D eigenvalue weighted by molar-refractivity contribution is 0.0955. The zero-order valence-corrected chi connectivity index (χ0v) is 15.6. The number of hydrogen-bond donors (Lipinski definition) is 1. The van der Waals surface area contributed by atoms with Gasteiger partial charge in [-0.15, -0.1) is 0 Å². The average molecular weight is 362 g/mol. The molecule has 0 bridgehead atoms. The van der Waals surface area contributed by atoms with Gasteiger partial charge in [0.1, 0.15) is 0 Å². The second-order valence-corrected chi connectivity index (χ2v) is 7.23. The summed E-state index contributed by atoms with van der Waals surface area (Å²) in [4.78, 5) is 17.0. The van der Waals surface area contributed by atoms with E-state index in [9.17, 15) is 4.79 Å². The van der Waals surface area contributed by atoms with Crippen molar-refractivity contribution in [3.8, 4) is 0 Å². The first-order valence-electron chi connectivity index (χ1n) is 9.83. The SMILES string of the molecule is O=C(N/N=C\c1ccc(N2CCCC2)cc1)c1ccc(N2CCCC2)cc1. The fraction of sp³-hybridized carbons (Fsp3) is 0.364. The summed E-state index contributed by atoms with van der Waals surface area (Å²) in [5, 5.41) is 4.10. The summed E-state index contributed by atoms with van der Waals surface area (Å²) in [5.74, 6) is -0.187. The molecule has 2 fully saturated rings. The van der Waals surface area contributed by atoms with Crippen molar-refractivity contribution in [2.24, 2.45) is 5.10 Å². The van der Waals surface area contributed by atoms with Crippen LogP contribution in [0.1, 0.15) is 41.6 Å². The van der Waals surface area contributed by atoms with E-state index >= 15 is 0 Å². The molecule has 0 spiro atoms. The van der Waals surface area contributed by atoms with Crippen LogP contribution in [0.15, 0.2) is 53.6 Å². The fourth-order valence-corrected chi connectivity index (χ4v) is 3.78. The molecule has 2 saturated heterocycles. The zero-order chi connectivity index (χ0) is 18.5. The van der Waals surface area contributed by atoms with Crippen LogP contribution in [0, 0.1) is 0 Å². The lowest BCUT2D eigenvalue weighted by Gasteiger charge is -2.17. The summed E-state index contributed by atoms with van der Waals surface area (Å²) in [6.07, 6.45) is 6.72. The minimum absolute atomic E-state index is 0.187. The maximum absolute atomic E-state index is 12.3. The number of rotatable bonds is 5. The minimum atomic E-state index is -0.187. The van der Waals surface area contributed by atoms with Crippen LogP contribution in [0.3, 0.4) is 0 Å². The molecule has 5 heteroatoms. The van der Waals surface area contributed by atoms with E-state index < -0.39 is 0 Å². The van der Waals surface area contributed by atoms with Crippen molar-refractivity contribution in [3.63, 3.8) is 0 Å². The van der Waals surface area contributed by atoms with Crippen LogP contribution < -0.4 is 15.2 Å². The minimum Gasteiger partial charge on any atom is -0.372 e. The molecule has 0 radical (unpaired) electrons. The molecule has 4 rings (SSSR count). The Morgan fingerprint density at radius 2 is 1.26 bits per heavy atom. The molecular weight excluding hydrogens is 336 g/mol. The van der Waals surface area contributed by atoms with Gasteiger partial charge in [-0.05, 0) is 67.6 Å². The molecule has 2 aromatic carbocycles. The number of anilines is 2. The molecule has 0 unspecified atom stereocenters. The van der Waals surface area contributed by atoms with Gasteiger partial charge in [0, 0.05) is 43.1 Å². The monoisotopic (exact) mass is 362 g/mol. The largest absolute Gasteiger partial charge is 0.372 e. The van der Waals surface area contributed by atoms with Crippen molar-refractivity contribution in [2.75, 3.05) is 36.0 Å². The third-order valence-electron chi connectivity index (χ3n) is 5.34. The number of hydrazone groups is 1. The Kier molecular flexibility index (Phi) is 5.37. The molecule has 2 aromatic rings. The van der Waals surface area contributed by atoms with Crippen molar-refractivity contribution in [3.05, 3.63) is 59.7 Å². The summed E-state index contributed by atoms with van der Waals surface area (Å²) in [6, 6.07) is 16.1. The number of carbonyl (C=O) groups is 1. The average Bonchev–Trinajstić information content (AvgIpc) is 3.43. The molecule has 2 heterocycles. The van der Waals surface area contributed by atoms with E-state index in [1.807, 2.05) is 36.4 Å². The van der Waals surface area contributed by atoms with E-state index in [0.29, 0.717) is 5.56 Å². The van der Waals surface area contributed by atoms with Crippen molar-refractivity contribution >= 4 is 23.5 Å². The summed E-state index contributed by atoms with van der Waals surface area (Å²) >= 11 is 0. The van der Waals surface area contributed by atoms with E-state index in [0.717, 1.165) is 31.7 Å². The maximum Gasteiger partial charge on any atom is 0.271 e. The summed E-state index contributed by atoms with van der Waals surface area (Å²) in [7, 11) is 0. The highest BCUT2D eigenvalue weighted by molar-refractivity contribution is 5.95. The van der Waals surface area contributed by atoms with Gasteiger partial charge in [-0.2, -0.15) is 5.10 Å². The number of nitrogens with zero attached hydrogens (tertiary/aromatic N) is 3. The molecule has 0 atom stereocenters. The van der Waals surface area contributed by atoms with Crippen molar-refractivity contribution in [2.45, 2.75) is 25.7 Å². The van der Waals surface area contributed by atoms with E-state index in [-0.39, 0.29) is 5.91 Å². The summed E-state index contributed by atoms with van der Waals surface area (Å²) in [5.41, 5.74) is 6.65. The van der Waals surface area contributed by atoms with Gasteiger partial charge in [-0.3, -0.25) is 4.79 Å². The Balaban J connectivity index is 1.31. The number of carbonyl (C=O) groups excluding carboxylic acids is 1. The van der Waals surface area contributed by atoms with Crippen molar-refractivity contribution < 1.29 is 4.79 Å². The standard InChI is InChI=1S/C22H26N4O/c27-22(19-7-11-21(12-8-19)26-15-3-4-16-26)24-23-17-18-5-9-20(10-6-18)25-13-1-2-14-25/h5-12,17H,1-4,13-16H2,(H,24,27)/b23-17-. The van der Waals surface area contributed by atoms with Crippen LogP contribution in [0.25, 0.3) is 0 Å². The van der Waals surface area contributed by atoms with Crippen LogP contribution in [0.5, 0.6) is 0 Å². The number of benzene rings is 2. The molecule has 2 aliphatic rings. The Labute approximate surface area is 160 Å². The highest BCUT2D eigenvalue weighted by Gasteiger charge is 2.13. The smallest absolute Gasteiger partial charge is 0.271 e. The highest BCUT2D eigenvalue weighted by atomic mass is 16.2. The molecule has 27 heavy (non-hydrogen) atoms. The summed E-state index contributed by atoms with van der Waals surface area (Å²) in [6.45, 7) is 4.48. The Morgan fingerprint density at radius 1 is 0.778 bits per heavy atom.